The standard InChI is InChI=1S/C18H21F2NO5/c1-21(2)10-18-14(25-15(22)16(23)26-18)4-3-7-17(18,24)9-11-8-12(19)5-6-13(11)20/h5-6,8,14,24H,3-4,7,9-10H2,1-2H3. The van der Waals surface area contributed by atoms with Gasteiger partial charge in [0.2, 0.25) is 0 Å². The van der Waals surface area contributed by atoms with Gasteiger partial charge in [-0.25, -0.2) is 18.4 Å². The molecule has 1 saturated heterocycles. The Labute approximate surface area is 149 Å². The van der Waals surface area contributed by atoms with Crippen LogP contribution in [0.2, 0.25) is 0 Å². The van der Waals surface area contributed by atoms with Crippen LogP contribution in [0.3, 0.4) is 0 Å². The van der Waals surface area contributed by atoms with E-state index in [0.717, 1.165) is 18.2 Å². The van der Waals surface area contributed by atoms with Crippen molar-refractivity contribution in [1.29, 1.82) is 0 Å². The van der Waals surface area contributed by atoms with Gasteiger partial charge in [0.25, 0.3) is 0 Å². The Morgan fingerprint density at radius 3 is 2.69 bits per heavy atom. The topological polar surface area (TPSA) is 76.1 Å². The van der Waals surface area contributed by atoms with Gasteiger partial charge in [0.15, 0.2) is 5.60 Å². The molecular formula is C18H21F2NO5. The minimum Gasteiger partial charge on any atom is -0.450 e. The summed E-state index contributed by atoms with van der Waals surface area (Å²) in [6.07, 6.45) is -0.0477. The van der Waals surface area contributed by atoms with E-state index in [1.807, 2.05) is 0 Å². The highest BCUT2D eigenvalue weighted by atomic mass is 19.1. The first-order chi connectivity index (χ1) is 12.2. The van der Waals surface area contributed by atoms with Crippen molar-refractivity contribution in [1.82, 2.24) is 4.90 Å². The average Bonchev–Trinajstić information content (AvgIpc) is 2.54. The molecule has 1 heterocycles. The molecule has 3 unspecified atom stereocenters. The van der Waals surface area contributed by atoms with Gasteiger partial charge in [0.05, 0.1) is 0 Å². The van der Waals surface area contributed by atoms with Gasteiger partial charge in [-0.3, -0.25) is 0 Å². The third-order valence-electron chi connectivity index (χ3n) is 5.10. The summed E-state index contributed by atoms with van der Waals surface area (Å²) in [5.74, 6) is -3.60. The van der Waals surface area contributed by atoms with Gasteiger partial charge in [0, 0.05) is 13.0 Å². The first-order valence-corrected chi connectivity index (χ1v) is 8.42. The van der Waals surface area contributed by atoms with Crippen LogP contribution in [0.25, 0.3) is 0 Å². The number of aliphatic hydroxyl groups is 1. The lowest BCUT2D eigenvalue weighted by atomic mass is 9.66. The largest absolute Gasteiger partial charge is 0.450 e. The molecule has 6 nitrogen and oxygen atoms in total. The molecule has 142 valence electrons. The molecule has 3 rings (SSSR count). The Balaban J connectivity index is 2.05. The molecule has 1 aliphatic heterocycles. The number of carbonyl (C=O) groups excluding carboxylic acids is 2. The highest BCUT2D eigenvalue weighted by molar-refractivity contribution is 6.30. The zero-order valence-electron chi connectivity index (χ0n) is 14.6. The Bertz CT molecular complexity index is 740. The molecule has 1 N–H and O–H groups in total. The van der Waals surface area contributed by atoms with Crippen LogP contribution in [0.4, 0.5) is 8.78 Å². The number of benzene rings is 1. The smallest absolute Gasteiger partial charge is 0.418 e. The van der Waals surface area contributed by atoms with Crippen LogP contribution < -0.4 is 0 Å². The summed E-state index contributed by atoms with van der Waals surface area (Å²) in [7, 11) is 3.43. The van der Waals surface area contributed by atoms with Gasteiger partial charge in [-0.15, -0.1) is 0 Å². The molecule has 0 aromatic heterocycles. The van der Waals surface area contributed by atoms with Crippen molar-refractivity contribution in [3.8, 4) is 0 Å². The second kappa shape index (κ2) is 6.59. The fourth-order valence-corrected chi connectivity index (χ4v) is 4.01. The highest BCUT2D eigenvalue weighted by Gasteiger charge is 2.64. The molecule has 3 atom stereocenters. The number of carbonyl (C=O) groups is 2. The highest BCUT2D eigenvalue weighted by Crippen LogP contribution is 2.46. The average molecular weight is 369 g/mol. The Kier molecular flexibility index (Phi) is 4.74. The summed E-state index contributed by atoms with van der Waals surface area (Å²) in [4.78, 5) is 25.3. The van der Waals surface area contributed by atoms with Crippen LogP contribution in [0, 0.1) is 11.6 Å². The maximum absolute atomic E-state index is 14.2. The number of likely N-dealkylation sites (N-methyl/N-ethyl adjacent to an activating group) is 1. The zero-order valence-corrected chi connectivity index (χ0v) is 14.6. The number of hydrogen-bond acceptors (Lipinski definition) is 6. The number of rotatable bonds is 4. The van der Waals surface area contributed by atoms with Crippen molar-refractivity contribution in [2.24, 2.45) is 0 Å². The van der Waals surface area contributed by atoms with Crippen LogP contribution in [0.1, 0.15) is 24.8 Å². The maximum Gasteiger partial charge on any atom is 0.418 e. The molecule has 0 bridgehead atoms. The molecule has 26 heavy (non-hydrogen) atoms. The van der Waals surface area contributed by atoms with Gasteiger partial charge in [-0.05, 0) is 57.1 Å². The zero-order chi connectivity index (χ0) is 19.1. The minimum atomic E-state index is -1.72. The third kappa shape index (κ3) is 3.07. The summed E-state index contributed by atoms with van der Waals surface area (Å²) in [5.41, 5.74) is -3.30. The predicted octanol–water partition coefficient (Wildman–Crippen LogP) is 1.19. The summed E-state index contributed by atoms with van der Waals surface area (Å²) in [6, 6.07) is 2.99. The maximum atomic E-state index is 14.2. The molecule has 0 radical (unpaired) electrons. The molecular weight excluding hydrogens is 348 g/mol. The summed E-state index contributed by atoms with van der Waals surface area (Å²) in [5, 5.41) is 11.5. The number of hydrogen-bond donors (Lipinski definition) is 1. The lowest BCUT2D eigenvalue weighted by molar-refractivity contribution is -0.270. The monoisotopic (exact) mass is 369 g/mol. The van der Waals surface area contributed by atoms with Crippen LogP contribution in [-0.2, 0) is 25.5 Å². The SMILES string of the molecule is CN(C)CC12OC(=O)C(=O)OC1CCCC2(O)Cc1cc(F)ccc1F. The quantitative estimate of drug-likeness (QED) is 0.635. The van der Waals surface area contributed by atoms with E-state index in [1.54, 1.807) is 19.0 Å². The van der Waals surface area contributed by atoms with E-state index < -0.39 is 40.9 Å². The van der Waals surface area contributed by atoms with E-state index in [9.17, 15) is 23.5 Å². The van der Waals surface area contributed by atoms with Crippen molar-refractivity contribution >= 4 is 11.9 Å². The molecule has 2 aliphatic rings. The van der Waals surface area contributed by atoms with Crippen molar-refractivity contribution in [3.05, 3.63) is 35.4 Å². The van der Waals surface area contributed by atoms with Crippen molar-refractivity contribution in [2.45, 2.75) is 43.0 Å². The van der Waals surface area contributed by atoms with Crippen LogP contribution in [0.15, 0.2) is 18.2 Å². The van der Waals surface area contributed by atoms with Gasteiger partial charge in [-0.1, -0.05) is 0 Å². The molecule has 2 fully saturated rings. The van der Waals surface area contributed by atoms with Gasteiger partial charge < -0.3 is 19.5 Å². The van der Waals surface area contributed by atoms with Crippen molar-refractivity contribution in [2.75, 3.05) is 20.6 Å². The van der Waals surface area contributed by atoms with Crippen LogP contribution in [0.5, 0.6) is 0 Å². The van der Waals surface area contributed by atoms with Crippen molar-refractivity contribution in [3.63, 3.8) is 0 Å². The molecule has 8 heteroatoms. The first kappa shape index (κ1) is 18.7. The molecule has 1 aromatic rings. The molecule has 1 aliphatic carbocycles. The molecule has 0 amide bonds. The number of ether oxygens (including phenoxy) is 2. The minimum absolute atomic E-state index is 0.0285. The first-order valence-electron chi connectivity index (χ1n) is 8.42. The third-order valence-corrected chi connectivity index (χ3v) is 5.10. The number of nitrogens with zero attached hydrogens (tertiary/aromatic N) is 1. The van der Waals surface area contributed by atoms with Gasteiger partial charge in [-0.2, -0.15) is 0 Å². The van der Waals surface area contributed by atoms with E-state index in [4.69, 9.17) is 9.47 Å². The summed E-state index contributed by atoms with van der Waals surface area (Å²) < 4.78 is 38.4. The molecule has 1 saturated carbocycles. The Morgan fingerprint density at radius 1 is 1.27 bits per heavy atom. The van der Waals surface area contributed by atoms with E-state index in [2.05, 4.69) is 0 Å². The van der Waals surface area contributed by atoms with E-state index in [1.165, 1.54) is 0 Å². The fraction of sp³-hybridized carbons (Fsp3) is 0.556. The normalized spacial score (nSPS) is 31.4. The molecule has 1 aromatic carbocycles. The van der Waals surface area contributed by atoms with E-state index in [-0.39, 0.29) is 24.9 Å². The van der Waals surface area contributed by atoms with Gasteiger partial charge in [0.1, 0.15) is 23.3 Å². The Hall–Kier alpha value is -2.06. The second-order valence-corrected chi connectivity index (χ2v) is 7.25. The number of esters is 2. The second-order valence-electron chi connectivity index (χ2n) is 7.25. The van der Waals surface area contributed by atoms with Crippen molar-refractivity contribution < 1.29 is 33.0 Å². The van der Waals surface area contributed by atoms with Crippen LogP contribution in [-0.4, -0.2) is 59.9 Å². The lowest BCUT2D eigenvalue weighted by Gasteiger charge is -2.55. The van der Waals surface area contributed by atoms with E-state index >= 15 is 0 Å². The predicted molar refractivity (Wildman–Crippen MR) is 86.1 cm³/mol. The summed E-state index contributed by atoms with van der Waals surface area (Å²) in [6.45, 7) is 0.0735. The summed E-state index contributed by atoms with van der Waals surface area (Å²) >= 11 is 0. The lowest BCUT2D eigenvalue weighted by Crippen LogP contribution is -2.73. The molecule has 0 spiro atoms. The Morgan fingerprint density at radius 2 is 2.00 bits per heavy atom. The van der Waals surface area contributed by atoms with Crippen LogP contribution >= 0.6 is 0 Å². The van der Waals surface area contributed by atoms with Gasteiger partial charge >= 0.3 is 11.9 Å². The number of fused-ring (bicyclic) bond motifs is 1. The number of halogens is 2. The fourth-order valence-electron chi connectivity index (χ4n) is 4.01. The van der Waals surface area contributed by atoms with E-state index in [0.29, 0.717) is 12.8 Å².